The van der Waals surface area contributed by atoms with Crippen LogP contribution in [0.4, 0.5) is 0 Å². The van der Waals surface area contributed by atoms with Crippen LogP contribution in [0.5, 0.6) is 0 Å². The molecule has 0 aliphatic carbocycles. The van der Waals surface area contributed by atoms with Gasteiger partial charge < -0.3 is 10.2 Å². The van der Waals surface area contributed by atoms with Gasteiger partial charge in [0.15, 0.2) is 0 Å². The highest BCUT2D eigenvalue weighted by Gasteiger charge is 2.05. The van der Waals surface area contributed by atoms with Crippen LogP contribution in [-0.2, 0) is 6.54 Å². The predicted molar refractivity (Wildman–Crippen MR) is 82.3 cm³/mol. The van der Waals surface area contributed by atoms with Gasteiger partial charge in [-0.3, -0.25) is 4.90 Å². The fraction of sp³-hybridized carbons (Fsp3) is 0.529. The summed E-state index contributed by atoms with van der Waals surface area (Å²) in [5.74, 6) is 5.99. The third-order valence-corrected chi connectivity index (χ3v) is 3.05. The summed E-state index contributed by atoms with van der Waals surface area (Å²) in [5, 5.41) is 17.9. The lowest BCUT2D eigenvalue weighted by atomic mass is 10.1. The molecule has 0 heterocycles. The summed E-state index contributed by atoms with van der Waals surface area (Å²) in [6, 6.07) is 8.17. The summed E-state index contributed by atoms with van der Waals surface area (Å²) in [6.45, 7) is 5.04. The Hall–Kier alpha value is -1.34. The van der Waals surface area contributed by atoms with Crippen molar-refractivity contribution in [2.75, 3.05) is 26.3 Å². The Morgan fingerprint density at radius 2 is 2.00 bits per heavy atom. The van der Waals surface area contributed by atoms with Gasteiger partial charge in [-0.1, -0.05) is 37.3 Å². The van der Waals surface area contributed by atoms with Crippen molar-refractivity contribution < 1.29 is 10.2 Å². The molecule has 0 spiro atoms. The lowest BCUT2D eigenvalue weighted by Gasteiger charge is -2.21. The van der Waals surface area contributed by atoms with E-state index in [4.69, 9.17) is 10.2 Å². The summed E-state index contributed by atoms with van der Waals surface area (Å²) in [4.78, 5) is 2.27. The van der Waals surface area contributed by atoms with Crippen LogP contribution < -0.4 is 0 Å². The molecule has 1 rings (SSSR count). The van der Waals surface area contributed by atoms with E-state index in [1.165, 1.54) is 5.56 Å². The molecule has 20 heavy (non-hydrogen) atoms. The Bertz CT molecular complexity index is 434. The maximum Gasteiger partial charge on any atom is 0.0558 e. The highest BCUT2D eigenvalue weighted by atomic mass is 16.3. The molecule has 0 bridgehead atoms. The largest absolute Gasteiger partial charge is 0.395 e. The van der Waals surface area contributed by atoms with Gasteiger partial charge >= 0.3 is 0 Å². The molecule has 1 aromatic rings. The van der Waals surface area contributed by atoms with Gasteiger partial charge in [-0.2, -0.15) is 0 Å². The van der Waals surface area contributed by atoms with E-state index in [2.05, 4.69) is 35.8 Å². The summed E-state index contributed by atoms with van der Waals surface area (Å²) in [6.07, 6.45) is 2.82. The first-order chi connectivity index (χ1) is 9.80. The van der Waals surface area contributed by atoms with E-state index in [-0.39, 0.29) is 13.2 Å². The van der Waals surface area contributed by atoms with Crippen LogP contribution in [0.3, 0.4) is 0 Å². The summed E-state index contributed by atoms with van der Waals surface area (Å²) in [5.41, 5.74) is 2.20. The van der Waals surface area contributed by atoms with Gasteiger partial charge in [0.1, 0.15) is 0 Å². The monoisotopic (exact) mass is 275 g/mol. The molecule has 0 aliphatic heterocycles. The number of unbranched alkanes of at least 4 members (excludes halogenated alkanes) is 1. The van der Waals surface area contributed by atoms with E-state index in [1.54, 1.807) is 0 Å². The van der Waals surface area contributed by atoms with Crippen molar-refractivity contribution in [2.45, 2.75) is 32.7 Å². The molecule has 2 N–H and O–H groups in total. The van der Waals surface area contributed by atoms with Gasteiger partial charge in [0.25, 0.3) is 0 Å². The topological polar surface area (TPSA) is 43.7 Å². The van der Waals surface area contributed by atoms with E-state index in [9.17, 15) is 0 Å². The summed E-state index contributed by atoms with van der Waals surface area (Å²) >= 11 is 0. The maximum absolute atomic E-state index is 9.12. The minimum absolute atomic E-state index is 0.105. The quantitative estimate of drug-likeness (QED) is 0.713. The Labute approximate surface area is 122 Å². The maximum atomic E-state index is 9.12. The Morgan fingerprint density at radius 3 is 2.70 bits per heavy atom. The molecule has 0 amide bonds. The van der Waals surface area contributed by atoms with Crippen molar-refractivity contribution in [2.24, 2.45) is 0 Å². The first-order valence-electron chi connectivity index (χ1n) is 7.32. The molecule has 0 radical (unpaired) electrons. The first kappa shape index (κ1) is 16.7. The third kappa shape index (κ3) is 6.72. The van der Waals surface area contributed by atoms with Crippen molar-refractivity contribution in [3.05, 3.63) is 35.4 Å². The van der Waals surface area contributed by atoms with E-state index in [0.717, 1.165) is 31.5 Å². The average Bonchev–Trinajstić information content (AvgIpc) is 2.46. The lowest BCUT2D eigenvalue weighted by molar-refractivity contribution is 0.188. The fourth-order valence-electron chi connectivity index (χ4n) is 2.02. The zero-order valence-corrected chi connectivity index (χ0v) is 12.3. The molecule has 0 saturated heterocycles. The number of aliphatic hydroxyl groups excluding tert-OH is 2. The van der Waals surface area contributed by atoms with E-state index >= 15 is 0 Å². The first-order valence-corrected chi connectivity index (χ1v) is 7.32. The highest BCUT2D eigenvalue weighted by Crippen LogP contribution is 2.08. The number of aliphatic hydroxyl groups is 2. The molecule has 0 unspecified atom stereocenters. The number of hydrogen-bond donors (Lipinski definition) is 2. The second kappa shape index (κ2) is 10.4. The molecule has 0 fully saturated rings. The molecule has 3 heteroatoms. The third-order valence-electron chi connectivity index (χ3n) is 3.05. The molecule has 0 aromatic heterocycles. The number of nitrogens with zero attached hydrogens (tertiary/aromatic N) is 1. The van der Waals surface area contributed by atoms with Crippen molar-refractivity contribution in [1.29, 1.82) is 0 Å². The highest BCUT2D eigenvalue weighted by molar-refractivity contribution is 5.37. The molecule has 1 aromatic carbocycles. The Kier molecular flexibility index (Phi) is 8.73. The molecular weight excluding hydrogens is 250 g/mol. The van der Waals surface area contributed by atoms with Crippen molar-refractivity contribution in [1.82, 2.24) is 4.90 Å². The lowest BCUT2D eigenvalue weighted by Crippen LogP contribution is -2.27. The molecule has 0 atom stereocenters. The van der Waals surface area contributed by atoms with Crippen LogP contribution in [-0.4, -0.2) is 41.4 Å². The van der Waals surface area contributed by atoms with Crippen LogP contribution in [0, 0.1) is 11.8 Å². The van der Waals surface area contributed by atoms with Gasteiger partial charge in [0.2, 0.25) is 0 Å². The SMILES string of the molecule is CCCCN(CCO)Cc1cccc(C#CCCO)c1. The molecule has 0 saturated carbocycles. The standard InChI is InChI=1S/C17H25NO2/c1-2-3-10-18(11-13-20)15-17-9-6-8-16(14-17)7-4-5-12-19/h6,8-9,14,19-20H,2-3,5,10-13,15H2,1H3. The molecular formula is C17H25NO2. The van der Waals surface area contributed by atoms with Crippen LogP contribution in [0.1, 0.15) is 37.3 Å². The van der Waals surface area contributed by atoms with Gasteiger partial charge in [0, 0.05) is 25.1 Å². The van der Waals surface area contributed by atoms with Crippen molar-refractivity contribution in [3.63, 3.8) is 0 Å². The Morgan fingerprint density at radius 1 is 1.15 bits per heavy atom. The van der Waals surface area contributed by atoms with Gasteiger partial charge in [0.05, 0.1) is 13.2 Å². The van der Waals surface area contributed by atoms with Gasteiger partial charge in [-0.15, -0.1) is 0 Å². The van der Waals surface area contributed by atoms with Crippen LogP contribution >= 0.6 is 0 Å². The molecule has 0 aliphatic rings. The molecule has 3 nitrogen and oxygen atoms in total. The zero-order chi connectivity index (χ0) is 14.6. The van der Waals surface area contributed by atoms with E-state index in [0.29, 0.717) is 13.0 Å². The zero-order valence-electron chi connectivity index (χ0n) is 12.3. The van der Waals surface area contributed by atoms with Crippen LogP contribution in [0.2, 0.25) is 0 Å². The number of rotatable bonds is 8. The average molecular weight is 275 g/mol. The minimum Gasteiger partial charge on any atom is -0.395 e. The van der Waals surface area contributed by atoms with Crippen LogP contribution in [0.15, 0.2) is 24.3 Å². The Balaban J connectivity index is 2.65. The van der Waals surface area contributed by atoms with Gasteiger partial charge in [-0.25, -0.2) is 0 Å². The smallest absolute Gasteiger partial charge is 0.0558 e. The fourth-order valence-corrected chi connectivity index (χ4v) is 2.02. The van der Waals surface area contributed by atoms with Crippen LogP contribution in [0.25, 0.3) is 0 Å². The van der Waals surface area contributed by atoms with Crippen molar-refractivity contribution >= 4 is 0 Å². The molecule has 110 valence electrons. The van der Waals surface area contributed by atoms with Crippen molar-refractivity contribution in [3.8, 4) is 11.8 Å². The normalized spacial score (nSPS) is 10.4. The predicted octanol–water partition coefficient (Wildman–Crippen LogP) is 2.01. The summed E-state index contributed by atoms with van der Waals surface area (Å²) < 4.78 is 0. The van der Waals surface area contributed by atoms with E-state index < -0.39 is 0 Å². The van der Waals surface area contributed by atoms with Gasteiger partial charge in [-0.05, 0) is 30.7 Å². The number of benzene rings is 1. The second-order valence-corrected chi connectivity index (χ2v) is 4.83. The number of hydrogen-bond acceptors (Lipinski definition) is 3. The summed E-state index contributed by atoms with van der Waals surface area (Å²) in [7, 11) is 0. The minimum atomic E-state index is 0.105. The van der Waals surface area contributed by atoms with E-state index in [1.807, 2.05) is 12.1 Å². The second-order valence-electron chi connectivity index (χ2n) is 4.83.